The van der Waals surface area contributed by atoms with E-state index in [0.717, 1.165) is 0 Å². The summed E-state index contributed by atoms with van der Waals surface area (Å²) in [6.07, 6.45) is 4.49. The lowest BCUT2D eigenvalue weighted by molar-refractivity contribution is 0.990. The van der Waals surface area contributed by atoms with E-state index in [-0.39, 0.29) is 0 Å². The van der Waals surface area contributed by atoms with E-state index in [1.54, 1.807) is 0 Å². The molecule has 1 heteroatoms. The number of allylic oxidation sites excluding steroid dienone is 1. The molecule has 1 atom stereocenters. The Morgan fingerprint density at radius 2 is 1.84 bits per heavy atom. The lowest BCUT2D eigenvalue weighted by Gasteiger charge is -2.14. The SMILES string of the molecule is Cc1cccc(-c2cc3c(cc2Br)C=CC3C)c1C. The molecule has 2 aromatic rings. The van der Waals surface area contributed by atoms with Gasteiger partial charge in [-0.3, -0.25) is 0 Å². The maximum atomic E-state index is 3.73. The van der Waals surface area contributed by atoms with Gasteiger partial charge in [0.1, 0.15) is 0 Å². The van der Waals surface area contributed by atoms with Crippen molar-refractivity contribution in [1.82, 2.24) is 0 Å². The van der Waals surface area contributed by atoms with Crippen molar-refractivity contribution in [2.45, 2.75) is 26.7 Å². The van der Waals surface area contributed by atoms with Gasteiger partial charge >= 0.3 is 0 Å². The number of halogens is 1. The molecule has 0 saturated carbocycles. The molecule has 0 heterocycles. The fourth-order valence-corrected chi connectivity index (χ4v) is 3.32. The number of hydrogen-bond donors (Lipinski definition) is 0. The van der Waals surface area contributed by atoms with E-state index in [2.05, 4.69) is 79.2 Å². The average molecular weight is 313 g/mol. The molecule has 0 saturated heterocycles. The highest BCUT2D eigenvalue weighted by molar-refractivity contribution is 9.10. The van der Waals surface area contributed by atoms with Crippen molar-refractivity contribution in [3.05, 3.63) is 63.1 Å². The van der Waals surface area contributed by atoms with Crippen LogP contribution in [0.1, 0.15) is 35.1 Å². The minimum Gasteiger partial charge on any atom is -0.0767 e. The van der Waals surface area contributed by atoms with Gasteiger partial charge in [0.05, 0.1) is 0 Å². The summed E-state index contributed by atoms with van der Waals surface area (Å²) in [5, 5.41) is 0. The second-order valence-corrected chi connectivity index (χ2v) is 6.21. The average Bonchev–Trinajstić information content (AvgIpc) is 2.73. The molecule has 1 aliphatic carbocycles. The van der Waals surface area contributed by atoms with Crippen LogP contribution >= 0.6 is 15.9 Å². The predicted molar refractivity (Wildman–Crippen MR) is 86.5 cm³/mol. The van der Waals surface area contributed by atoms with Crippen LogP contribution in [0.3, 0.4) is 0 Å². The number of benzene rings is 2. The topological polar surface area (TPSA) is 0 Å². The van der Waals surface area contributed by atoms with Crippen molar-refractivity contribution in [3.8, 4) is 11.1 Å². The van der Waals surface area contributed by atoms with Gasteiger partial charge in [-0.05, 0) is 65.3 Å². The third kappa shape index (κ3) is 2.06. The van der Waals surface area contributed by atoms with Crippen LogP contribution in [0.5, 0.6) is 0 Å². The lowest BCUT2D eigenvalue weighted by atomic mass is 9.93. The Morgan fingerprint density at radius 3 is 2.63 bits per heavy atom. The van der Waals surface area contributed by atoms with Gasteiger partial charge in [-0.25, -0.2) is 0 Å². The van der Waals surface area contributed by atoms with Crippen molar-refractivity contribution in [3.63, 3.8) is 0 Å². The molecule has 0 amide bonds. The Bertz CT molecular complexity index is 680. The number of rotatable bonds is 1. The van der Waals surface area contributed by atoms with Gasteiger partial charge in [0.25, 0.3) is 0 Å². The van der Waals surface area contributed by atoms with Gasteiger partial charge in [-0.1, -0.05) is 53.2 Å². The first-order valence-corrected chi connectivity index (χ1v) is 7.45. The number of hydrogen-bond acceptors (Lipinski definition) is 0. The Morgan fingerprint density at radius 1 is 1.05 bits per heavy atom. The van der Waals surface area contributed by atoms with E-state index in [1.165, 1.54) is 37.9 Å². The highest BCUT2D eigenvalue weighted by atomic mass is 79.9. The molecule has 1 aliphatic rings. The van der Waals surface area contributed by atoms with Gasteiger partial charge in [-0.15, -0.1) is 0 Å². The van der Waals surface area contributed by atoms with E-state index in [4.69, 9.17) is 0 Å². The normalized spacial score (nSPS) is 16.7. The second-order valence-electron chi connectivity index (χ2n) is 5.36. The fourth-order valence-electron chi connectivity index (χ4n) is 2.75. The summed E-state index contributed by atoms with van der Waals surface area (Å²) >= 11 is 3.73. The van der Waals surface area contributed by atoms with Crippen LogP contribution in [-0.2, 0) is 0 Å². The van der Waals surface area contributed by atoms with Crippen molar-refractivity contribution in [2.24, 2.45) is 0 Å². The van der Waals surface area contributed by atoms with Crippen LogP contribution in [0.4, 0.5) is 0 Å². The van der Waals surface area contributed by atoms with E-state index < -0.39 is 0 Å². The molecular weight excluding hydrogens is 296 g/mol. The lowest BCUT2D eigenvalue weighted by Crippen LogP contribution is -1.93. The monoisotopic (exact) mass is 312 g/mol. The second kappa shape index (κ2) is 4.64. The third-order valence-corrected chi connectivity index (χ3v) is 4.78. The summed E-state index contributed by atoms with van der Waals surface area (Å²) in [7, 11) is 0. The molecule has 2 aromatic carbocycles. The molecule has 0 bridgehead atoms. The van der Waals surface area contributed by atoms with E-state index >= 15 is 0 Å². The zero-order chi connectivity index (χ0) is 13.6. The molecule has 0 aliphatic heterocycles. The van der Waals surface area contributed by atoms with Gasteiger partial charge in [0.2, 0.25) is 0 Å². The molecule has 0 aromatic heterocycles. The van der Waals surface area contributed by atoms with E-state index in [1.807, 2.05) is 0 Å². The van der Waals surface area contributed by atoms with Crippen LogP contribution in [0.15, 0.2) is 40.9 Å². The van der Waals surface area contributed by atoms with Gasteiger partial charge in [0.15, 0.2) is 0 Å². The van der Waals surface area contributed by atoms with Crippen molar-refractivity contribution in [2.75, 3.05) is 0 Å². The maximum absolute atomic E-state index is 3.73. The molecule has 0 nitrogen and oxygen atoms in total. The van der Waals surface area contributed by atoms with Crippen LogP contribution < -0.4 is 0 Å². The van der Waals surface area contributed by atoms with Crippen LogP contribution in [0.2, 0.25) is 0 Å². The smallest absolute Gasteiger partial charge is 0.0259 e. The van der Waals surface area contributed by atoms with Gasteiger partial charge < -0.3 is 0 Å². The molecule has 0 fully saturated rings. The summed E-state index contributed by atoms with van der Waals surface area (Å²) in [6.45, 7) is 6.62. The summed E-state index contributed by atoms with van der Waals surface area (Å²) < 4.78 is 1.18. The highest BCUT2D eigenvalue weighted by Gasteiger charge is 2.17. The van der Waals surface area contributed by atoms with Crippen LogP contribution in [-0.4, -0.2) is 0 Å². The molecule has 1 unspecified atom stereocenters. The van der Waals surface area contributed by atoms with E-state index in [0.29, 0.717) is 5.92 Å². The molecule has 0 radical (unpaired) electrons. The Balaban J connectivity index is 2.22. The minimum atomic E-state index is 0.520. The van der Waals surface area contributed by atoms with Gasteiger partial charge in [-0.2, -0.15) is 0 Å². The van der Waals surface area contributed by atoms with Crippen molar-refractivity contribution in [1.29, 1.82) is 0 Å². The number of fused-ring (bicyclic) bond motifs is 1. The molecule has 19 heavy (non-hydrogen) atoms. The zero-order valence-electron chi connectivity index (χ0n) is 11.5. The molecule has 0 spiro atoms. The Labute approximate surface area is 123 Å². The van der Waals surface area contributed by atoms with E-state index in [9.17, 15) is 0 Å². The molecule has 96 valence electrons. The van der Waals surface area contributed by atoms with Crippen LogP contribution in [0, 0.1) is 13.8 Å². The Hall–Kier alpha value is -1.34. The fraction of sp³-hybridized carbons (Fsp3) is 0.222. The first-order chi connectivity index (χ1) is 9.08. The summed E-state index contributed by atoms with van der Waals surface area (Å²) in [5.74, 6) is 0.520. The predicted octanol–water partition coefficient (Wildman–Crippen LogP) is 5.86. The first kappa shape index (κ1) is 12.7. The summed E-state index contributed by atoms with van der Waals surface area (Å²) in [4.78, 5) is 0. The largest absolute Gasteiger partial charge is 0.0767 e. The third-order valence-electron chi connectivity index (χ3n) is 4.12. The minimum absolute atomic E-state index is 0.520. The Kier molecular flexibility index (Phi) is 3.10. The summed E-state index contributed by atoms with van der Waals surface area (Å²) in [5.41, 5.74) is 8.11. The highest BCUT2D eigenvalue weighted by Crippen LogP contribution is 2.39. The summed E-state index contributed by atoms with van der Waals surface area (Å²) in [6, 6.07) is 11.1. The zero-order valence-corrected chi connectivity index (χ0v) is 13.1. The molecule has 0 N–H and O–H groups in total. The van der Waals surface area contributed by atoms with Crippen molar-refractivity contribution >= 4 is 22.0 Å². The van der Waals surface area contributed by atoms with Gasteiger partial charge in [0, 0.05) is 4.47 Å². The molecule has 3 rings (SSSR count). The van der Waals surface area contributed by atoms with Crippen molar-refractivity contribution < 1.29 is 0 Å². The quantitative estimate of drug-likeness (QED) is 0.618. The standard InChI is InChI=1S/C18H17Br/c1-11-5-4-6-15(13(11)3)17-10-16-12(2)7-8-14(16)9-18(17)19/h4-10,12H,1-3H3. The van der Waals surface area contributed by atoms with Crippen LogP contribution in [0.25, 0.3) is 17.2 Å². The maximum Gasteiger partial charge on any atom is 0.0259 e. The molecular formula is C18H17Br. The number of aryl methyl sites for hydroxylation is 1. The first-order valence-electron chi connectivity index (χ1n) is 6.66.